The Kier molecular flexibility index (Phi) is 3.88. The maximum Gasteiger partial charge on any atom is 0.268 e. The Bertz CT molecular complexity index is 333. The molecular formula is C8H7BrF3NO. The Balaban J connectivity index is 3.27. The molecule has 0 fully saturated rings. The van der Waals surface area contributed by atoms with Crippen molar-refractivity contribution in [2.24, 2.45) is 0 Å². The summed E-state index contributed by atoms with van der Waals surface area (Å²) >= 11 is 3.02. The lowest BCUT2D eigenvalue weighted by Crippen LogP contribution is -2.04. The molecule has 0 spiro atoms. The largest absolute Gasteiger partial charge is 0.391 e. The summed E-state index contributed by atoms with van der Waals surface area (Å²) in [6, 6.07) is 0. The molecule has 1 aromatic heterocycles. The third-order valence-electron chi connectivity index (χ3n) is 1.75. The molecule has 0 aliphatic rings. The Labute approximate surface area is 86.9 Å². The molecule has 1 N–H and O–H groups in total. The average molecular weight is 270 g/mol. The molecule has 2 nitrogen and oxygen atoms in total. The summed E-state index contributed by atoms with van der Waals surface area (Å²) in [6.45, 7) is -0.639. The molecule has 1 rings (SSSR count). The molecule has 0 bridgehead atoms. The van der Waals surface area contributed by atoms with Crippen molar-refractivity contribution in [3.63, 3.8) is 0 Å². The van der Waals surface area contributed by atoms with Crippen molar-refractivity contribution in [3.8, 4) is 0 Å². The van der Waals surface area contributed by atoms with Gasteiger partial charge >= 0.3 is 0 Å². The van der Waals surface area contributed by atoms with Crippen LogP contribution in [0.1, 0.15) is 23.2 Å². The molecule has 1 aromatic rings. The smallest absolute Gasteiger partial charge is 0.268 e. The first kappa shape index (κ1) is 11.5. The van der Waals surface area contributed by atoms with Crippen LogP contribution in [0.4, 0.5) is 13.2 Å². The molecule has 0 unspecified atom stereocenters. The fourth-order valence-electron chi connectivity index (χ4n) is 1.01. The lowest BCUT2D eigenvalue weighted by atomic mass is 10.1. The van der Waals surface area contributed by atoms with E-state index < -0.39 is 24.4 Å². The molecule has 6 heteroatoms. The Morgan fingerprint density at radius 1 is 1.50 bits per heavy atom. The van der Waals surface area contributed by atoms with E-state index in [0.717, 1.165) is 6.20 Å². The van der Waals surface area contributed by atoms with Gasteiger partial charge in [0, 0.05) is 17.1 Å². The first-order chi connectivity index (χ1) is 6.61. The van der Waals surface area contributed by atoms with Crippen molar-refractivity contribution in [1.29, 1.82) is 0 Å². The molecule has 0 saturated carbocycles. The van der Waals surface area contributed by atoms with E-state index in [1.807, 2.05) is 0 Å². The highest BCUT2D eigenvalue weighted by molar-refractivity contribution is 9.08. The van der Waals surface area contributed by atoms with Crippen LogP contribution < -0.4 is 0 Å². The molecule has 0 aliphatic heterocycles. The Hall–Kier alpha value is -0.620. The standard InChI is InChI=1S/C8H7BrF3NO/c9-1-6-5(3-14)7(10)4(2-13-6)8(11)12/h2,8,14H,1,3H2. The van der Waals surface area contributed by atoms with Gasteiger partial charge in [-0.2, -0.15) is 0 Å². The monoisotopic (exact) mass is 269 g/mol. The first-order valence-electron chi connectivity index (χ1n) is 3.73. The van der Waals surface area contributed by atoms with Gasteiger partial charge in [-0.05, 0) is 0 Å². The number of aromatic nitrogens is 1. The van der Waals surface area contributed by atoms with Crippen LogP contribution in [-0.2, 0) is 11.9 Å². The SMILES string of the molecule is OCc1c(CBr)ncc(C(F)F)c1F. The topological polar surface area (TPSA) is 33.1 Å². The third-order valence-corrected chi connectivity index (χ3v) is 2.28. The van der Waals surface area contributed by atoms with Gasteiger partial charge in [0.15, 0.2) is 0 Å². The number of aliphatic hydroxyl groups excluding tert-OH is 1. The minimum absolute atomic E-state index is 0.181. The zero-order chi connectivity index (χ0) is 10.7. The first-order valence-corrected chi connectivity index (χ1v) is 4.85. The van der Waals surface area contributed by atoms with Gasteiger partial charge in [0.25, 0.3) is 6.43 Å². The number of hydrogen-bond donors (Lipinski definition) is 1. The number of alkyl halides is 3. The van der Waals surface area contributed by atoms with E-state index in [1.165, 1.54) is 0 Å². The summed E-state index contributed by atoms with van der Waals surface area (Å²) < 4.78 is 37.7. The molecule has 0 saturated heterocycles. The zero-order valence-electron chi connectivity index (χ0n) is 6.98. The van der Waals surface area contributed by atoms with Crippen molar-refractivity contribution >= 4 is 15.9 Å². The summed E-state index contributed by atoms with van der Waals surface area (Å²) in [5, 5.41) is 9.00. The maximum atomic E-state index is 13.3. The predicted octanol–water partition coefficient (Wildman–Crippen LogP) is 2.55. The van der Waals surface area contributed by atoms with Gasteiger partial charge in [0.1, 0.15) is 5.82 Å². The lowest BCUT2D eigenvalue weighted by Gasteiger charge is -2.08. The number of aliphatic hydroxyl groups is 1. The lowest BCUT2D eigenvalue weighted by molar-refractivity contribution is 0.144. The van der Waals surface area contributed by atoms with Gasteiger partial charge in [-0.25, -0.2) is 13.2 Å². The van der Waals surface area contributed by atoms with E-state index in [2.05, 4.69) is 20.9 Å². The third kappa shape index (κ3) is 2.06. The van der Waals surface area contributed by atoms with Crippen molar-refractivity contribution in [2.75, 3.05) is 0 Å². The van der Waals surface area contributed by atoms with Crippen molar-refractivity contribution in [3.05, 3.63) is 28.8 Å². The highest BCUT2D eigenvalue weighted by atomic mass is 79.9. The van der Waals surface area contributed by atoms with Gasteiger partial charge < -0.3 is 5.11 Å². The van der Waals surface area contributed by atoms with Crippen LogP contribution in [0.15, 0.2) is 6.20 Å². The number of nitrogens with zero attached hydrogens (tertiary/aromatic N) is 1. The van der Waals surface area contributed by atoms with E-state index in [4.69, 9.17) is 5.11 Å². The van der Waals surface area contributed by atoms with Crippen LogP contribution >= 0.6 is 15.9 Å². The summed E-state index contributed by atoms with van der Waals surface area (Å²) in [7, 11) is 0. The van der Waals surface area contributed by atoms with Crippen LogP contribution in [0.25, 0.3) is 0 Å². The second kappa shape index (κ2) is 4.75. The normalized spacial score (nSPS) is 11.0. The number of halogens is 4. The zero-order valence-corrected chi connectivity index (χ0v) is 8.56. The highest BCUT2D eigenvalue weighted by Crippen LogP contribution is 2.25. The van der Waals surface area contributed by atoms with Gasteiger partial charge in [0.2, 0.25) is 0 Å². The Morgan fingerprint density at radius 2 is 2.14 bits per heavy atom. The summed E-state index contributed by atoms with van der Waals surface area (Å²) in [5.41, 5.74) is -0.729. The number of pyridine rings is 1. The predicted molar refractivity (Wildman–Crippen MR) is 47.7 cm³/mol. The summed E-state index contributed by atoms with van der Waals surface area (Å²) in [4.78, 5) is 3.62. The van der Waals surface area contributed by atoms with E-state index in [9.17, 15) is 13.2 Å². The van der Waals surface area contributed by atoms with Crippen LogP contribution in [0.5, 0.6) is 0 Å². The molecule has 78 valence electrons. The molecule has 1 heterocycles. The van der Waals surface area contributed by atoms with Crippen molar-refractivity contribution in [2.45, 2.75) is 18.4 Å². The molecule has 0 amide bonds. The summed E-state index contributed by atoms with van der Waals surface area (Å²) in [5.74, 6) is -1.08. The van der Waals surface area contributed by atoms with Crippen molar-refractivity contribution < 1.29 is 18.3 Å². The Morgan fingerprint density at radius 3 is 2.57 bits per heavy atom. The van der Waals surface area contributed by atoms with Crippen LogP contribution in [0.3, 0.4) is 0 Å². The second-order valence-corrected chi connectivity index (χ2v) is 3.11. The number of hydrogen-bond acceptors (Lipinski definition) is 2. The molecule has 14 heavy (non-hydrogen) atoms. The summed E-state index contributed by atoms with van der Waals surface area (Å²) in [6.07, 6.45) is -2.13. The van der Waals surface area contributed by atoms with E-state index >= 15 is 0 Å². The van der Waals surface area contributed by atoms with E-state index in [-0.39, 0.29) is 16.6 Å². The average Bonchev–Trinajstić information content (AvgIpc) is 2.16. The van der Waals surface area contributed by atoms with Crippen LogP contribution in [0, 0.1) is 5.82 Å². The van der Waals surface area contributed by atoms with Crippen LogP contribution in [0.2, 0.25) is 0 Å². The fraction of sp³-hybridized carbons (Fsp3) is 0.375. The van der Waals surface area contributed by atoms with Gasteiger partial charge in [-0.3, -0.25) is 4.98 Å². The van der Waals surface area contributed by atoms with E-state index in [1.54, 1.807) is 0 Å². The maximum absolute atomic E-state index is 13.3. The molecule has 0 aromatic carbocycles. The quantitative estimate of drug-likeness (QED) is 0.856. The van der Waals surface area contributed by atoms with Gasteiger partial charge in [-0.1, -0.05) is 15.9 Å². The molecule has 0 atom stereocenters. The molecular weight excluding hydrogens is 263 g/mol. The number of rotatable bonds is 3. The van der Waals surface area contributed by atoms with E-state index in [0.29, 0.717) is 0 Å². The molecule has 0 radical (unpaired) electrons. The van der Waals surface area contributed by atoms with Gasteiger partial charge in [-0.15, -0.1) is 0 Å². The second-order valence-electron chi connectivity index (χ2n) is 2.55. The minimum Gasteiger partial charge on any atom is -0.391 e. The van der Waals surface area contributed by atoms with Crippen LogP contribution in [-0.4, -0.2) is 10.1 Å². The van der Waals surface area contributed by atoms with Gasteiger partial charge in [0.05, 0.1) is 17.9 Å². The molecule has 0 aliphatic carbocycles. The van der Waals surface area contributed by atoms with Crippen molar-refractivity contribution in [1.82, 2.24) is 4.98 Å². The minimum atomic E-state index is -2.92. The fourth-order valence-corrected chi connectivity index (χ4v) is 1.49. The highest BCUT2D eigenvalue weighted by Gasteiger charge is 2.19.